The van der Waals surface area contributed by atoms with Gasteiger partial charge in [-0.25, -0.2) is 0 Å². The van der Waals surface area contributed by atoms with Gasteiger partial charge >= 0.3 is 0 Å². The number of pyridine rings is 2. The molecular weight excluding hydrogens is 418 g/mol. The second kappa shape index (κ2) is 8.09. The summed E-state index contributed by atoms with van der Waals surface area (Å²) in [6, 6.07) is 19.0. The van der Waals surface area contributed by atoms with E-state index in [1.54, 1.807) is 18.5 Å². The highest BCUT2D eigenvalue weighted by atomic mass is 32.1. The molecule has 0 aliphatic carbocycles. The molecule has 0 radical (unpaired) electrons. The number of nitrogens with one attached hydrogen (secondary N) is 1. The quantitative estimate of drug-likeness (QED) is 0.445. The van der Waals surface area contributed by atoms with Gasteiger partial charge in [-0.1, -0.05) is 18.2 Å². The predicted molar refractivity (Wildman–Crippen MR) is 129 cm³/mol. The van der Waals surface area contributed by atoms with Gasteiger partial charge in [-0.2, -0.15) is 0 Å². The Balaban J connectivity index is 1.70. The number of aryl methyl sites for hydroxylation is 1. The first-order valence-corrected chi connectivity index (χ1v) is 10.8. The average Bonchev–Trinajstić information content (AvgIpc) is 3.30. The Morgan fingerprint density at radius 2 is 1.81 bits per heavy atom. The molecule has 1 aromatic carbocycles. The molecule has 160 valence electrons. The maximum absolute atomic E-state index is 10.7. The summed E-state index contributed by atoms with van der Waals surface area (Å²) in [6.07, 6.45) is 5.42. The molecular formula is C25H23N5OS. The van der Waals surface area contributed by atoms with E-state index in [2.05, 4.69) is 39.8 Å². The Kier molecular flexibility index (Phi) is 5.11. The van der Waals surface area contributed by atoms with Gasteiger partial charge in [0.05, 0.1) is 35.3 Å². The number of phenolic OH excluding ortho intramolecular Hbond substituents is 1. The fourth-order valence-electron chi connectivity index (χ4n) is 4.57. The van der Waals surface area contributed by atoms with Gasteiger partial charge < -0.3 is 19.9 Å². The Hall–Kier alpha value is -3.71. The third kappa shape index (κ3) is 3.31. The van der Waals surface area contributed by atoms with Gasteiger partial charge in [0, 0.05) is 23.8 Å². The lowest BCUT2D eigenvalue weighted by molar-refractivity contribution is 0.472. The van der Waals surface area contributed by atoms with Gasteiger partial charge in [0.15, 0.2) is 5.11 Å². The summed E-state index contributed by atoms with van der Waals surface area (Å²) in [7, 11) is 0. The van der Waals surface area contributed by atoms with Crippen LogP contribution < -0.4 is 10.2 Å². The number of aromatic nitrogens is 3. The van der Waals surface area contributed by atoms with Crippen LogP contribution in [0.15, 0.2) is 79.3 Å². The van der Waals surface area contributed by atoms with E-state index in [4.69, 9.17) is 12.2 Å². The minimum absolute atomic E-state index is 0.175. The summed E-state index contributed by atoms with van der Waals surface area (Å²) in [5.41, 5.74) is 5.86. The highest BCUT2D eigenvalue weighted by Crippen LogP contribution is 2.45. The van der Waals surface area contributed by atoms with Gasteiger partial charge in [0.2, 0.25) is 0 Å². The molecule has 4 aromatic rings. The fourth-order valence-corrected chi connectivity index (χ4v) is 4.91. The Morgan fingerprint density at radius 1 is 1.00 bits per heavy atom. The van der Waals surface area contributed by atoms with Crippen molar-refractivity contribution in [2.45, 2.75) is 25.9 Å². The monoisotopic (exact) mass is 441 g/mol. The van der Waals surface area contributed by atoms with Crippen molar-refractivity contribution in [1.82, 2.24) is 19.9 Å². The van der Waals surface area contributed by atoms with Crippen LogP contribution in [0, 0.1) is 13.8 Å². The molecule has 2 N–H and O–H groups in total. The molecule has 2 atom stereocenters. The molecule has 0 amide bonds. The minimum Gasteiger partial charge on any atom is -0.506 e. The lowest BCUT2D eigenvalue weighted by Gasteiger charge is -2.28. The number of phenols is 1. The van der Waals surface area contributed by atoms with E-state index in [1.807, 2.05) is 59.6 Å². The highest BCUT2D eigenvalue weighted by molar-refractivity contribution is 7.80. The molecule has 0 bridgehead atoms. The third-order valence-corrected chi connectivity index (χ3v) is 6.25. The Labute approximate surface area is 192 Å². The van der Waals surface area contributed by atoms with E-state index in [-0.39, 0.29) is 17.8 Å². The zero-order chi connectivity index (χ0) is 22.2. The Morgan fingerprint density at radius 3 is 2.53 bits per heavy atom. The first kappa shape index (κ1) is 20.2. The van der Waals surface area contributed by atoms with Crippen LogP contribution in [-0.2, 0) is 0 Å². The van der Waals surface area contributed by atoms with Crippen LogP contribution in [0.2, 0.25) is 0 Å². The Bertz CT molecular complexity index is 1270. The smallest absolute Gasteiger partial charge is 0.174 e. The van der Waals surface area contributed by atoms with Crippen molar-refractivity contribution in [2.24, 2.45) is 0 Å². The van der Waals surface area contributed by atoms with Crippen molar-refractivity contribution >= 4 is 23.0 Å². The lowest BCUT2D eigenvalue weighted by atomic mass is 9.96. The number of anilines is 1. The zero-order valence-electron chi connectivity index (χ0n) is 17.8. The maximum atomic E-state index is 10.7. The van der Waals surface area contributed by atoms with E-state index in [0.717, 1.165) is 28.3 Å². The SMILES string of the molecule is Cc1cc(C2C(c3ccccn3)NC(=S)N2c2ccccc2O)c(C)n1-c1cccnc1. The predicted octanol–water partition coefficient (Wildman–Crippen LogP) is 4.77. The summed E-state index contributed by atoms with van der Waals surface area (Å²) in [5, 5.41) is 14.7. The first-order chi connectivity index (χ1) is 15.6. The van der Waals surface area contributed by atoms with Crippen LogP contribution in [0.3, 0.4) is 0 Å². The van der Waals surface area contributed by atoms with Crippen molar-refractivity contribution in [1.29, 1.82) is 0 Å². The van der Waals surface area contributed by atoms with Crippen molar-refractivity contribution < 1.29 is 5.11 Å². The van der Waals surface area contributed by atoms with E-state index < -0.39 is 0 Å². The van der Waals surface area contributed by atoms with Crippen molar-refractivity contribution in [3.05, 3.63) is 102 Å². The number of nitrogens with zero attached hydrogens (tertiary/aromatic N) is 4. The second-order valence-corrected chi connectivity index (χ2v) is 8.25. The molecule has 4 heterocycles. The van der Waals surface area contributed by atoms with Crippen molar-refractivity contribution in [2.75, 3.05) is 4.90 Å². The molecule has 6 nitrogen and oxygen atoms in total. The summed E-state index contributed by atoms with van der Waals surface area (Å²) < 4.78 is 2.20. The lowest BCUT2D eigenvalue weighted by Crippen LogP contribution is -2.29. The third-order valence-electron chi connectivity index (χ3n) is 5.93. The second-order valence-electron chi connectivity index (χ2n) is 7.86. The van der Waals surface area contributed by atoms with Crippen LogP contribution in [0.25, 0.3) is 5.69 Å². The zero-order valence-corrected chi connectivity index (χ0v) is 18.6. The molecule has 7 heteroatoms. The molecule has 2 unspecified atom stereocenters. The van der Waals surface area contributed by atoms with Gasteiger partial charge in [-0.05, 0) is 74.1 Å². The number of rotatable bonds is 4. The molecule has 0 spiro atoms. The molecule has 1 fully saturated rings. The minimum atomic E-state index is -0.192. The highest BCUT2D eigenvalue weighted by Gasteiger charge is 2.43. The number of aromatic hydroxyl groups is 1. The van der Waals surface area contributed by atoms with E-state index >= 15 is 0 Å². The van der Waals surface area contributed by atoms with Crippen molar-refractivity contribution in [3.63, 3.8) is 0 Å². The number of benzene rings is 1. The normalized spacial score (nSPS) is 18.1. The standard InChI is InChI=1S/C25H23N5OS/c1-16-14-19(17(2)29(16)18-8-7-12-26-15-18)24-23(20-9-5-6-13-27-20)28-25(32)30(24)21-10-3-4-11-22(21)31/h3-15,23-24,31H,1-2H3,(H,28,32). The molecule has 5 rings (SSSR count). The fraction of sp³-hybridized carbons (Fsp3) is 0.160. The van der Waals surface area contributed by atoms with Crippen LogP contribution in [0.1, 0.15) is 34.7 Å². The molecule has 0 saturated carbocycles. The number of hydrogen-bond donors (Lipinski definition) is 2. The van der Waals surface area contributed by atoms with Gasteiger partial charge in [-0.15, -0.1) is 0 Å². The number of thiocarbonyl (C=S) groups is 1. The molecule has 3 aromatic heterocycles. The summed E-state index contributed by atoms with van der Waals surface area (Å²) in [5.74, 6) is 0.185. The topological polar surface area (TPSA) is 66.2 Å². The van der Waals surface area contributed by atoms with Crippen LogP contribution in [0.4, 0.5) is 5.69 Å². The van der Waals surface area contributed by atoms with Gasteiger partial charge in [-0.3, -0.25) is 9.97 Å². The molecule has 1 aliphatic rings. The van der Waals surface area contributed by atoms with E-state index in [1.165, 1.54) is 0 Å². The van der Waals surface area contributed by atoms with Crippen LogP contribution in [0.5, 0.6) is 5.75 Å². The number of hydrogen-bond acceptors (Lipinski definition) is 4. The summed E-state index contributed by atoms with van der Waals surface area (Å²) in [6.45, 7) is 4.19. The molecule has 32 heavy (non-hydrogen) atoms. The van der Waals surface area contributed by atoms with Gasteiger partial charge in [0.1, 0.15) is 5.75 Å². The van der Waals surface area contributed by atoms with E-state index in [0.29, 0.717) is 10.8 Å². The average molecular weight is 442 g/mol. The summed E-state index contributed by atoms with van der Waals surface area (Å²) >= 11 is 5.77. The first-order valence-electron chi connectivity index (χ1n) is 10.4. The van der Waals surface area contributed by atoms with Crippen molar-refractivity contribution in [3.8, 4) is 11.4 Å². The van der Waals surface area contributed by atoms with Gasteiger partial charge in [0.25, 0.3) is 0 Å². The number of para-hydroxylation sites is 2. The molecule has 1 saturated heterocycles. The van der Waals surface area contributed by atoms with Crippen LogP contribution in [-0.4, -0.2) is 24.8 Å². The summed E-state index contributed by atoms with van der Waals surface area (Å²) in [4.78, 5) is 10.9. The molecule has 1 aliphatic heterocycles. The largest absolute Gasteiger partial charge is 0.506 e. The van der Waals surface area contributed by atoms with Crippen LogP contribution >= 0.6 is 12.2 Å². The van der Waals surface area contributed by atoms with E-state index in [9.17, 15) is 5.11 Å². The maximum Gasteiger partial charge on any atom is 0.174 e.